The van der Waals surface area contributed by atoms with Gasteiger partial charge in [-0.15, -0.1) is 11.3 Å². The first-order valence-corrected chi connectivity index (χ1v) is 9.30. The average molecular weight is 316 g/mol. The predicted octanol–water partition coefficient (Wildman–Crippen LogP) is 1.36. The van der Waals surface area contributed by atoms with Crippen molar-refractivity contribution in [2.45, 2.75) is 49.8 Å². The molecule has 0 amide bonds. The molecule has 2 fully saturated rings. The maximum atomic E-state index is 12.6. The summed E-state index contributed by atoms with van der Waals surface area (Å²) < 4.78 is 33.8. The van der Waals surface area contributed by atoms with Crippen molar-refractivity contribution in [1.29, 1.82) is 0 Å². The number of sulfonamides is 1. The van der Waals surface area contributed by atoms with Crippen LogP contribution >= 0.6 is 11.3 Å². The number of nitrogens with one attached hydrogen (secondary N) is 1. The van der Waals surface area contributed by atoms with Crippen molar-refractivity contribution < 1.29 is 13.2 Å². The van der Waals surface area contributed by atoms with Gasteiger partial charge in [-0.05, 0) is 43.0 Å². The average Bonchev–Trinajstić information content (AvgIpc) is 3.01. The smallest absolute Gasteiger partial charge is 0.242 e. The van der Waals surface area contributed by atoms with Crippen molar-refractivity contribution in [3.8, 4) is 0 Å². The highest BCUT2D eigenvalue weighted by molar-refractivity contribution is 7.89. The minimum atomic E-state index is -3.51. The minimum Gasteiger partial charge on any atom is -0.376 e. The summed E-state index contributed by atoms with van der Waals surface area (Å²) in [5.74, 6) is 0.530. The molecule has 0 aromatic carbocycles. The third-order valence-corrected chi connectivity index (χ3v) is 6.95. The zero-order chi connectivity index (χ0) is 14.3. The Hall–Kier alpha value is -0.470. The fourth-order valence-electron chi connectivity index (χ4n) is 2.87. The van der Waals surface area contributed by atoms with E-state index in [1.807, 2.05) is 12.3 Å². The van der Waals surface area contributed by atoms with E-state index in [-0.39, 0.29) is 18.7 Å². The van der Waals surface area contributed by atoms with Crippen LogP contribution in [0.3, 0.4) is 0 Å². The van der Waals surface area contributed by atoms with Gasteiger partial charge in [0.05, 0.1) is 12.1 Å². The van der Waals surface area contributed by atoms with Crippen LogP contribution in [0.5, 0.6) is 0 Å². The van der Waals surface area contributed by atoms with Crippen molar-refractivity contribution >= 4 is 21.4 Å². The number of hydrogen-bond donors (Lipinski definition) is 2. The Morgan fingerprint density at radius 2 is 2.20 bits per heavy atom. The number of ether oxygens (including phenoxy) is 1. The van der Waals surface area contributed by atoms with Gasteiger partial charge in [0.1, 0.15) is 4.90 Å². The largest absolute Gasteiger partial charge is 0.376 e. The maximum absolute atomic E-state index is 12.6. The number of rotatable bonds is 5. The van der Waals surface area contributed by atoms with Crippen LogP contribution in [0.25, 0.3) is 0 Å². The van der Waals surface area contributed by atoms with Gasteiger partial charge in [-0.3, -0.25) is 0 Å². The van der Waals surface area contributed by atoms with Gasteiger partial charge in [-0.2, -0.15) is 0 Å². The third kappa shape index (κ3) is 2.65. The van der Waals surface area contributed by atoms with Crippen LogP contribution in [0.2, 0.25) is 0 Å². The van der Waals surface area contributed by atoms with E-state index in [0.717, 1.165) is 29.7 Å². The van der Waals surface area contributed by atoms with Crippen LogP contribution in [0.1, 0.15) is 29.7 Å². The quantitative estimate of drug-likeness (QED) is 0.859. The van der Waals surface area contributed by atoms with Crippen molar-refractivity contribution in [3.05, 3.63) is 15.8 Å². The second kappa shape index (κ2) is 5.38. The van der Waals surface area contributed by atoms with E-state index in [2.05, 4.69) is 4.72 Å². The molecule has 2 heterocycles. The van der Waals surface area contributed by atoms with Crippen LogP contribution in [0, 0.1) is 12.8 Å². The zero-order valence-corrected chi connectivity index (χ0v) is 13.1. The van der Waals surface area contributed by atoms with Crippen LogP contribution < -0.4 is 10.5 Å². The van der Waals surface area contributed by atoms with Gasteiger partial charge in [-0.1, -0.05) is 0 Å². The van der Waals surface area contributed by atoms with E-state index in [1.165, 1.54) is 11.3 Å². The molecule has 0 bridgehead atoms. The molecule has 0 spiro atoms. The van der Waals surface area contributed by atoms with E-state index in [0.29, 0.717) is 17.4 Å². The van der Waals surface area contributed by atoms with Crippen LogP contribution in [-0.2, 0) is 21.3 Å². The Kier molecular flexibility index (Phi) is 3.89. The van der Waals surface area contributed by atoms with Gasteiger partial charge in [0, 0.05) is 18.0 Å². The van der Waals surface area contributed by atoms with E-state index in [1.54, 1.807) is 0 Å². The number of thiophene rings is 1. The molecular formula is C13H20N2O3S2. The van der Waals surface area contributed by atoms with E-state index >= 15 is 0 Å². The fourth-order valence-corrected chi connectivity index (χ4v) is 5.86. The highest BCUT2D eigenvalue weighted by Gasteiger charge is 2.42. The molecule has 7 heteroatoms. The highest BCUT2D eigenvalue weighted by Crippen LogP contribution is 2.39. The molecule has 3 rings (SSSR count). The summed E-state index contributed by atoms with van der Waals surface area (Å²) >= 11 is 1.40. The van der Waals surface area contributed by atoms with Crippen molar-refractivity contribution in [1.82, 2.24) is 4.72 Å². The van der Waals surface area contributed by atoms with Gasteiger partial charge in [0.2, 0.25) is 10.0 Å². The molecule has 3 N–H and O–H groups in total. The second-order valence-corrected chi connectivity index (χ2v) is 8.18. The summed E-state index contributed by atoms with van der Waals surface area (Å²) in [7, 11) is -3.51. The molecule has 1 aromatic heterocycles. The summed E-state index contributed by atoms with van der Waals surface area (Å²) in [5.41, 5.74) is 6.42. The molecule has 2 unspecified atom stereocenters. The van der Waals surface area contributed by atoms with Gasteiger partial charge in [0.25, 0.3) is 0 Å². The van der Waals surface area contributed by atoms with Gasteiger partial charge >= 0.3 is 0 Å². The second-order valence-electron chi connectivity index (χ2n) is 5.56. The van der Waals surface area contributed by atoms with E-state index in [4.69, 9.17) is 10.5 Å². The summed E-state index contributed by atoms with van der Waals surface area (Å²) in [6.45, 7) is 2.70. The van der Waals surface area contributed by atoms with Crippen LogP contribution in [0.4, 0.5) is 0 Å². The topological polar surface area (TPSA) is 81.4 Å². The Labute approximate surface area is 123 Å². The molecule has 1 aliphatic heterocycles. The first-order valence-electron chi connectivity index (χ1n) is 6.94. The van der Waals surface area contributed by atoms with Crippen molar-refractivity contribution in [3.63, 3.8) is 0 Å². The summed E-state index contributed by atoms with van der Waals surface area (Å²) in [6, 6.07) is -0.0996. The number of hydrogen-bond acceptors (Lipinski definition) is 5. The Morgan fingerprint density at radius 1 is 1.45 bits per heavy atom. The maximum Gasteiger partial charge on any atom is 0.242 e. The molecule has 112 valence electrons. The minimum absolute atomic E-state index is 0.0463. The molecule has 5 nitrogen and oxygen atoms in total. The van der Waals surface area contributed by atoms with Gasteiger partial charge in [-0.25, -0.2) is 13.1 Å². The monoisotopic (exact) mass is 316 g/mol. The third-order valence-electron chi connectivity index (χ3n) is 3.97. The normalized spacial score (nSPS) is 27.1. The molecule has 2 atom stereocenters. The Morgan fingerprint density at radius 3 is 2.85 bits per heavy atom. The first kappa shape index (κ1) is 14.5. The summed E-state index contributed by atoms with van der Waals surface area (Å²) in [4.78, 5) is 1.09. The molecule has 1 saturated carbocycles. The first-order chi connectivity index (χ1) is 9.53. The summed E-state index contributed by atoms with van der Waals surface area (Å²) in [6.07, 6.45) is 3.09. The molecule has 20 heavy (non-hydrogen) atoms. The molecule has 1 aromatic rings. The summed E-state index contributed by atoms with van der Waals surface area (Å²) in [5, 5.41) is 1.85. The van der Waals surface area contributed by atoms with Crippen molar-refractivity contribution in [2.75, 3.05) is 6.61 Å². The molecule has 0 radical (unpaired) electrons. The molecular weight excluding hydrogens is 296 g/mol. The Bertz CT molecular complexity index is 593. The number of nitrogens with two attached hydrogens (primary N) is 1. The van der Waals surface area contributed by atoms with Crippen molar-refractivity contribution in [2.24, 2.45) is 11.7 Å². The van der Waals surface area contributed by atoms with E-state index < -0.39 is 10.0 Å². The lowest BCUT2D eigenvalue weighted by atomic mass is 10.1. The predicted molar refractivity (Wildman–Crippen MR) is 78.1 cm³/mol. The van der Waals surface area contributed by atoms with E-state index in [9.17, 15) is 8.42 Å². The van der Waals surface area contributed by atoms with Crippen LogP contribution in [-0.4, -0.2) is 27.2 Å². The SMILES string of the molecule is Cc1csc(CN)c1S(=O)(=O)NC1CCOC1C1CC1. The lowest BCUT2D eigenvalue weighted by Crippen LogP contribution is -2.41. The lowest BCUT2D eigenvalue weighted by molar-refractivity contribution is 0.0848. The highest BCUT2D eigenvalue weighted by atomic mass is 32.2. The van der Waals surface area contributed by atoms with Gasteiger partial charge in [0.15, 0.2) is 0 Å². The van der Waals surface area contributed by atoms with Crippen LogP contribution in [0.15, 0.2) is 10.3 Å². The number of aryl methyl sites for hydroxylation is 1. The standard InChI is InChI=1S/C13H20N2O3S2/c1-8-7-19-11(6-14)13(8)20(16,17)15-10-4-5-18-12(10)9-2-3-9/h7,9-10,12,15H,2-6,14H2,1H3. The van der Waals surface area contributed by atoms with Gasteiger partial charge < -0.3 is 10.5 Å². The lowest BCUT2D eigenvalue weighted by Gasteiger charge is -2.20. The molecule has 1 aliphatic carbocycles. The molecule has 2 aliphatic rings. The molecule has 1 saturated heterocycles. The Balaban J connectivity index is 1.83. The fraction of sp³-hybridized carbons (Fsp3) is 0.692. The zero-order valence-electron chi connectivity index (χ0n) is 11.5.